The number of hydrogen-bond donors (Lipinski definition) is 2. The van der Waals surface area contributed by atoms with Gasteiger partial charge in [-0.3, -0.25) is 9.59 Å². The Kier molecular flexibility index (Phi) is 21.1. The van der Waals surface area contributed by atoms with Crippen molar-refractivity contribution in [1.29, 1.82) is 0 Å². The first kappa shape index (κ1) is 32.6. The van der Waals surface area contributed by atoms with Gasteiger partial charge in [0.25, 0.3) is 0 Å². The molecular weight excluding hydrogens is 515 g/mol. The van der Waals surface area contributed by atoms with Gasteiger partial charge in [0, 0.05) is 62.4 Å². The molecule has 1 fully saturated rings. The number of nitrogens with one attached hydrogen (secondary N) is 1. The van der Waals surface area contributed by atoms with Crippen LogP contribution in [0.15, 0.2) is 29.2 Å². The molecule has 1 aromatic carbocycles. The third-order valence-electron chi connectivity index (χ3n) is 4.44. The zero-order valence-corrected chi connectivity index (χ0v) is 22.7. The van der Waals surface area contributed by atoms with Gasteiger partial charge in [0.1, 0.15) is 6.04 Å². The summed E-state index contributed by atoms with van der Waals surface area (Å²) in [4.78, 5) is 36.3. The van der Waals surface area contributed by atoms with Gasteiger partial charge >= 0.3 is 0 Å². The van der Waals surface area contributed by atoms with E-state index in [1.165, 1.54) is 4.90 Å². The van der Waals surface area contributed by atoms with Crippen molar-refractivity contribution in [1.82, 2.24) is 10.2 Å². The Hall–Kier alpha value is -0.581. The normalized spacial score (nSPS) is 16.5. The first-order chi connectivity index (χ1) is 14.5. The number of nitrogens with zero attached hydrogens (tertiary/aromatic N) is 2. The molecule has 1 heterocycles. The van der Waals surface area contributed by atoms with E-state index in [1.807, 2.05) is 14.0 Å². The van der Waals surface area contributed by atoms with Gasteiger partial charge in [-0.15, -0.1) is 0 Å². The molecule has 12 heteroatoms. The van der Waals surface area contributed by atoms with Crippen molar-refractivity contribution in [3.63, 3.8) is 0 Å². The van der Waals surface area contributed by atoms with Crippen molar-refractivity contribution in [3.8, 4) is 0 Å². The number of likely N-dealkylation sites (N-methyl/N-ethyl adjacent to an activating group) is 2. The van der Waals surface area contributed by atoms with Gasteiger partial charge < -0.3 is 38.2 Å². The Bertz CT molecular complexity index is 633. The molecule has 2 atom stereocenters. The minimum absolute atomic E-state index is 0. The molecule has 1 aliphatic rings. The maximum absolute atomic E-state index is 12.8. The van der Waals surface area contributed by atoms with Crippen LogP contribution in [-0.4, -0.2) is 62.5 Å². The molecule has 1 saturated heterocycles. The van der Waals surface area contributed by atoms with Crippen LogP contribution in [0.4, 0.5) is 9.57 Å². The van der Waals surface area contributed by atoms with Crippen molar-refractivity contribution < 1.29 is 51.0 Å². The Labute approximate surface area is 220 Å². The summed E-state index contributed by atoms with van der Waals surface area (Å²) in [6, 6.07) is 6.39. The number of amides is 2. The third-order valence-corrected chi connectivity index (χ3v) is 4.89. The van der Waals surface area contributed by atoms with Crippen LogP contribution in [0.1, 0.15) is 26.7 Å². The second-order valence-electron chi connectivity index (χ2n) is 6.31. The van der Waals surface area contributed by atoms with Crippen LogP contribution >= 0.6 is 12.1 Å². The predicted molar refractivity (Wildman–Crippen MR) is 125 cm³/mol. The smallest absolute Gasteiger partial charge is 0.249 e. The first-order valence-corrected chi connectivity index (χ1v) is 10.8. The Morgan fingerprint density at radius 1 is 1.39 bits per heavy atom. The number of hydrogen-bond acceptors (Lipinski definition) is 7. The minimum Gasteiger partial charge on any atom is -0.746 e. The van der Waals surface area contributed by atoms with E-state index in [0.717, 1.165) is 19.2 Å². The summed E-state index contributed by atoms with van der Waals surface area (Å²) in [6.45, 7) is 5.01. The molecule has 2 amide bonds. The number of carbonyl (C=O) groups is 3. The van der Waals surface area contributed by atoms with Crippen molar-refractivity contribution in [2.24, 2.45) is 5.64 Å². The summed E-state index contributed by atoms with van der Waals surface area (Å²) in [5.41, 5.74) is 6.06. The first-order valence-electron chi connectivity index (χ1n) is 9.64. The van der Waals surface area contributed by atoms with Gasteiger partial charge in [-0.05, 0) is 50.3 Å². The van der Waals surface area contributed by atoms with Gasteiger partial charge in [-0.25, -0.2) is 0 Å². The van der Waals surface area contributed by atoms with Gasteiger partial charge in [-0.1, -0.05) is 19.7 Å². The van der Waals surface area contributed by atoms with Crippen LogP contribution in [-0.2, 0) is 59.7 Å². The molecule has 0 saturated carbocycles. The van der Waals surface area contributed by atoms with Gasteiger partial charge in [0.2, 0.25) is 19.7 Å². The number of benzene rings is 1. The van der Waals surface area contributed by atoms with E-state index in [1.54, 1.807) is 36.6 Å². The summed E-state index contributed by atoms with van der Waals surface area (Å²) in [5.74, 6) is -0.104. The van der Waals surface area contributed by atoms with Crippen molar-refractivity contribution >= 4 is 55.8 Å². The van der Waals surface area contributed by atoms with Crippen LogP contribution < -0.4 is 15.9 Å². The molecule has 31 heavy (non-hydrogen) atoms. The number of anilines is 1. The fourth-order valence-electron chi connectivity index (χ4n) is 2.92. The predicted octanol–water partition coefficient (Wildman–Crippen LogP) is 1.95. The maximum Gasteiger partial charge on any atom is 0.249 e. The number of halogens is 1. The molecule has 2 rings (SSSR count). The SMILES string of the molecule is CCC[B]N.CCN(C(=O)C1CC(NC)CN1C=O)c1ccc(SF)cc1.O=C[S-].[Y]. The standard InChI is InChI=1S/C15H20FN3O2S.C3H9BN.CH2OS.Y/c1-3-19(12-4-6-13(22-16)7-5-12)15(21)14-8-11(17-2)9-18(14)10-20;1-2-3-4-5;2-1-3;/h4-7,10-11,14,17H,3,8-9H2,1-2H3;2-3,5H2,1H3;1H,(H,2,3);/p-1. The Morgan fingerprint density at radius 2 is 1.97 bits per heavy atom. The summed E-state index contributed by atoms with van der Waals surface area (Å²) in [5, 5.41) is 3.11. The van der Waals surface area contributed by atoms with Gasteiger partial charge in [0.05, 0.1) is 12.1 Å². The summed E-state index contributed by atoms with van der Waals surface area (Å²) >= 11 is 3.88. The molecule has 7 nitrogen and oxygen atoms in total. The minimum atomic E-state index is -0.454. The fraction of sp³-hybridized carbons (Fsp3) is 0.526. The van der Waals surface area contributed by atoms with E-state index in [2.05, 4.69) is 24.9 Å². The van der Waals surface area contributed by atoms with Gasteiger partial charge in [-0.2, -0.15) is 3.89 Å². The molecule has 2 radical (unpaired) electrons. The van der Waals surface area contributed by atoms with E-state index in [-0.39, 0.29) is 56.8 Å². The molecular formula is C19H30BFN4O3S2Y-. The van der Waals surface area contributed by atoms with Crippen LogP contribution in [0.2, 0.25) is 6.32 Å². The molecule has 0 aromatic heterocycles. The zero-order valence-electron chi connectivity index (χ0n) is 18.2. The largest absolute Gasteiger partial charge is 0.746 e. The Morgan fingerprint density at radius 3 is 2.32 bits per heavy atom. The fourth-order valence-corrected chi connectivity index (χ4v) is 3.16. The van der Waals surface area contributed by atoms with Crippen LogP contribution in [0.5, 0.6) is 0 Å². The number of nitrogens with two attached hydrogens (primary N) is 1. The van der Waals surface area contributed by atoms with E-state index < -0.39 is 6.04 Å². The molecule has 0 aliphatic carbocycles. The topological polar surface area (TPSA) is 95.7 Å². The second-order valence-corrected chi connectivity index (χ2v) is 7.13. The zero-order chi connectivity index (χ0) is 22.9. The second kappa shape index (κ2) is 20.1. The van der Waals surface area contributed by atoms with E-state index >= 15 is 0 Å². The molecule has 0 spiro atoms. The third kappa shape index (κ3) is 11.7. The molecule has 170 valence electrons. The van der Waals surface area contributed by atoms with Crippen molar-refractivity contribution in [2.75, 3.05) is 25.0 Å². The molecule has 1 aromatic rings. The number of carbonyl (C=O) groups excluding carboxylic acids is 3. The van der Waals surface area contributed by atoms with E-state index in [0.29, 0.717) is 35.7 Å². The van der Waals surface area contributed by atoms with Crippen molar-refractivity contribution in [3.05, 3.63) is 24.3 Å². The molecule has 1 aliphatic heterocycles. The summed E-state index contributed by atoms with van der Waals surface area (Å²) < 4.78 is 12.5. The average Bonchev–Trinajstić information content (AvgIpc) is 3.20. The number of likely N-dealkylation sites (tertiary alicyclic amines) is 1. The summed E-state index contributed by atoms with van der Waals surface area (Å²) in [7, 11) is 3.51. The molecule has 0 bridgehead atoms. The van der Waals surface area contributed by atoms with Crippen LogP contribution in [0.3, 0.4) is 0 Å². The maximum atomic E-state index is 12.8. The van der Waals surface area contributed by atoms with Crippen molar-refractivity contribution in [2.45, 2.75) is 50.0 Å². The van der Waals surface area contributed by atoms with Crippen LogP contribution in [0.25, 0.3) is 0 Å². The number of rotatable bonds is 8. The quantitative estimate of drug-likeness (QED) is 0.293. The van der Waals surface area contributed by atoms with Crippen LogP contribution in [0, 0.1) is 0 Å². The van der Waals surface area contributed by atoms with Gasteiger partial charge in [0.15, 0.2) is 0 Å². The molecule has 2 unspecified atom stereocenters. The monoisotopic (exact) mass is 545 g/mol. The Balaban J connectivity index is 0. The van der Waals surface area contributed by atoms with E-state index in [4.69, 9.17) is 10.4 Å². The molecule has 3 N–H and O–H groups in total. The average molecular weight is 545 g/mol. The summed E-state index contributed by atoms with van der Waals surface area (Å²) in [6.07, 6.45) is 3.54. The van der Waals surface area contributed by atoms with E-state index in [9.17, 15) is 13.5 Å².